The number of carbonyl (C=O) groups is 2. The van der Waals surface area contributed by atoms with E-state index in [0.717, 1.165) is 16.7 Å². The van der Waals surface area contributed by atoms with Crippen LogP contribution in [0.5, 0.6) is 11.5 Å². The van der Waals surface area contributed by atoms with Gasteiger partial charge in [-0.05, 0) is 47.7 Å². The average Bonchev–Trinajstić information content (AvgIpc) is 2.88. The number of rotatable bonds is 4. The van der Waals surface area contributed by atoms with E-state index in [1.165, 1.54) is 14.2 Å². The molecular weight excluding hydrogens is 362 g/mol. The number of nitrogens with zero attached hydrogens (tertiary/aromatic N) is 1. The number of imide groups is 1. The minimum absolute atomic E-state index is 0.317. The molecule has 2 amide bonds. The Bertz CT molecular complexity index is 867. The molecule has 0 saturated carbocycles. The van der Waals surface area contributed by atoms with Gasteiger partial charge in [-0.15, -0.1) is 0 Å². The van der Waals surface area contributed by atoms with E-state index in [0.29, 0.717) is 32.7 Å². The number of anilines is 1. The van der Waals surface area contributed by atoms with E-state index in [2.05, 4.69) is 0 Å². The van der Waals surface area contributed by atoms with Crippen molar-refractivity contribution < 1.29 is 19.1 Å². The van der Waals surface area contributed by atoms with E-state index >= 15 is 0 Å². The molecule has 1 saturated heterocycles. The number of benzene rings is 2. The van der Waals surface area contributed by atoms with Gasteiger partial charge in [0, 0.05) is 0 Å². The highest BCUT2D eigenvalue weighted by Gasteiger charge is 2.36. The molecule has 1 fully saturated rings. The fourth-order valence-corrected chi connectivity index (χ4v) is 3.58. The first-order valence-corrected chi connectivity index (χ1v) is 8.49. The van der Waals surface area contributed by atoms with E-state index in [4.69, 9.17) is 21.1 Å². The maximum absolute atomic E-state index is 12.6. The van der Waals surface area contributed by atoms with Crippen molar-refractivity contribution in [3.8, 4) is 11.5 Å². The van der Waals surface area contributed by atoms with Gasteiger partial charge in [-0.25, -0.2) is 4.90 Å². The standard InChI is InChI=1S/C18H14ClNO4S/c1-23-14-9-11(8-13(19)16(14)24-2)10-15-17(21)20(18(22)25-15)12-6-4-3-5-7-12/h3-10H,1-2H3/b15-10-. The Balaban J connectivity index is 1.96. The smallest absolute Gasteiger partial charge is 0.298 e. The minimum Gasteiger partial charge on any atom is -0.493 e. The average molecular weight is 376 g/mol. The normalized spacial score (nSPS) is 15.8. The lowest BCUT2D eigenvalue weighted by atomic mass is 10.1. The Kier molecular flexibility index (Phi) is 5.01. The molecule has 1 aliphatic rings. The lowest BCUT2D eigenvalue weighted by molar-refractivity contribution is -0.113. The van der Waals surface area contributed by atoms with Gasteiger partial charge in [-0.1, -0.05) is 29.8 Å². The van der Waals surface area contributed by atoms with Crippen molar-refractivity contribution in [1.82, 2.24) is 0 Å². The molecule has 0 unspecified atom stereocenters. The summed E-state index contributed by atoms with van der Waals surface area (Å²) >= 11 is 7.07. The van der Waals surface area contributed by atoms with Gasteiger partial charge >= 0.3 is 0 Å². The third-order valence-corrected chi connectivity index (χ3v) is 4.71. The molecule has 2 aromatic carbocycles. The molecule has 0 radical (unpaired) electrons. The molecule has 2 aromatic rings. The second kappa shape index (κ2) is 7.21. The first kappa shape index (κ1) is 17.4. The molecule has 0 N–H and O–H groups in total. The second-order valence-corrected chi connectivity index (χ2v) is 6.49. The fraction of sp³-hybridized carbons (Fsp3) is 0.111. The van der Waals surface area contributed by atoms with Crippen molar-refractivity contribution in [3.05, 3.63) is 58.0 Å². The third-order valence-electron chi connectivity index (χ3n) is 3.56. The summed E-state index contributed by atoms with van der Waals surface area (Å²) in [6, 6.07) is 12.1. The van der Waals surface area contributed by atoms with E-state index in [-0.39, 0.29) is 11.1 Å². The van der Waals surface area contributed by atoms with Gasteiger partial charge < -0.3 is 9.47 Å². The number of methoxy groups -OCH3 is 2. The van der Waals surface area contributed by atoms with Gasteiger partial charge in [-0.2, -0.15) is 0 Å². The number of halogens is 1. The number of carbonyl (C=O) groups excluding carboxylic acids is 2. The van der Waals surface area contributed by atoms with Crippen LogP contribution in [0, 0.1) is 0 Å². The zero-order chi connectivity index (χ0) is 18.0. The molecule has 7 heteroatoms. The molecule has 0 aromatic heterocycles. The highest BCUT2D eigenvalue weighted by molar-refractivity contribution is 8.19. The molecule has 0 bridgehead atoms. The Hall–Kier alpha value is -2.44. The van der Waals surface area contributed by atoms with Crippen LogP contribution in [-0.4, -0.2) is 25.4 Å². The van der Waals surface area contributed by atoms with E-state index in [1.54, 1.807) is 42.5 Å². The van der Waals surface area contributed by atoms with Crippen LogP contribution in [0.1, 0.15) is 5.56 Å². The molecule has 128 valence electrons. The van der Waals surface area contributed by atoms with Gasteiger partial charge in [0.15, 0.2) is 11.5 Å². The van der Waals surface area contributed by atoms with Crippen molar-refractivity contribution in [1.29, 1.82) is 0 Å². The van der Waals surface area contributed by atoms with E-state index in [9.17, 15) is 9.59 Å². The van der Waals surface area contributed by atoms with Crippen molar-refractivity contribution in [3.63, 3.8) is 0 Å². The topological polar surface area (TPSA) is 55.8 Å². The van der Waals surface area contributed by atoms with Crippen LogP contribution in [0.4, 0.5) is 10.5 Å². The van der Waals surface area contributed by atoms with Crippen molar-refractivity contribution in [2.24, 2.45) is 0 Å². The van der Waals surface area contributed by atoms with Crippen LogP contribution in [0.3, 0.4) is 0 Å². The summed E-state index contributed by atoms with van der Waals surface area (Å²) in [5.41, 5.74) is 1.18. The lowest BCUT2D eigenvalue weighted by Gasteiger charge is -2.12. The highest BCUT2D eigenvalue weighted by Crippen LogP contribution is 2.39. The summed E-state index contributed by atoms with van der Waals surface area (Å²) < 4.78 is 10.4. The van der Waals surface area contributed by atoms with Crippen LogP contribution >= 0.6 is 23.4 Å². The summed E-state index contributed by atoms with van der Waals surface area (Å²) in [6.45, 7) is 0. The third kappa shape index (κ3) is 3.36. The van der Waals surface area contributed by atoms with Crippen molar-refractivity contribution in [2.75, 3.05) is 19.1 Å². The molecule has 25 heavy (non-hydrogen) atoms. The number of hydrogen-bond acceptors (Lipinski definition) is 5. The van der Waals surface area contributed by atoms with Crippen LogP contribution in [0.25, 0.3) is 6.08 Å². The second-order valence-electron chi connectivity index (χ2n) is 5.09. The summed E-state index contributed by atoms with van der Waals surface area (Å²) in [7, 11) is 3.00. The number of hydrogen-bond donors (Lipinski definition) is 0. The molecule has 1 aliphatic heterocycles. The summed E-state index contributed by atoms with van der Waals surface area (Å²) in [4.78, 5) is 26.3. The van der Waals surface area contributed by atoms with Crippen LogP contribution in [0.15, 0.2) is 47.4 Å². The van der Waals surface area contributed by atoms with Gasteiger partial charge in [0.2, 0.25) is 0 Å². The molecule has 0 spiro atoms. The fourth-order valence-electron chi connectivity index (χ4n) is 2.44. The molecular formula is C18H14ClNO4S. The van der Waals surface area contributed by atoms with Crippen molar-refractivity contribution >= 4 is 46.3 Å². The zero-order valence-corrected chi connectivity index (χ0v) is 15.1. The maximum Gasteiger partial charge on any atom is 0.298 e. The first-order chi connectivity index (χ1) is 12.0. The predicted octanol–water partition coefficient (Wildman–Crippen LogP) is 4.60. The number of amides is 2. The number of thioether (sulfide) groups is 1. The monoisotopic (exact) mass is 375 g/mol. The lowest BCUT2D eigenvalue weighted by Crippen LogP contribution is -2.27. The number of para-hydroxylation sites is 1. The largest absolute Gasteiger partial charge is 0.493 e. The molecule has 3 rings (SSSR count). The SMILES string of the molecule is COc1cc(/C=C2\SC(=O)N(c3ccccc3)C2=O)cc(Cl)c1OC. The highest BCUT2D eigenvalue weighted by atomic mass is 35.5. The van der Waals surface area contributed by atoms with Gasteiger partial charge in [-0.3, -0.25) is 9.59 Å². The Morgan fingerprint density at radius 2 is 1.80 bits per heavy atom. The quantitative estimate of drug-likeness (QED) is 0.731. The molecule has 1 heterocycles. The minimum atomic E-state index is -0.368. The molecule has 0 aliphatic carbocycles. The van der Waals surface area contributed by atoms with Gasteiger partial charge in [0.25, 0.3) is 11.1 Å². The summed E-state index contributed by atoms with van der Waals surface area (Å²) in [5.74, 6) is 0.495. The summed E-state index contributed by atoms with van der Waals surface area (Å²) in [5, 5.41) is 0.0180. The van der Waals surface area contributed by atoms with Crippen LogP contribution in [-0.2, 0) is 4.79 Å². The maximum atomic E-state index is 12.6. The van der Waals surface area contributed by atoms with Crippen LogP contribution in [0.2, 0.25) is 5.02 Å². The molecule has 0 atom stereocenters. The Labute approximate surface area is 154 Å². The van der Waals surface area contributed by atoms with E-state index < -0.39 is 0 Å². The van der Waals surface area contributed by atoms with Crippen LogP contribution < -0.4 is 14.4 Å². The number of ether oxygens (including phenoxy) is 2. The Morgan fingerprint density at radius 3 is 2.44 bits per heavy atom. The predicted molar refractivity (Wildman–Crippen MR) is 99.4 cm³/mol. The van der Waals surface area contributed by atoms with Gasteiger partial charge in [0.05, 0.1) is 29.8 Å². The zero-order valence-electron chi connectivity index (χ0n) is 13.5. The van der Waals surface area contributed by atoms with E-state index in [1.807, 2.05) is 6.07 Å². The first-order valence-electron chi connectivity index (χ1n) is 7.29. The Morgan fingerprint density at radius 1 is 1.08 bits per heavy atom. The summed E-state index contributed by atoms with van der Waals surface area (Å²) in [6.07, 6.45) is 1.61. The molecule has 5 nitrogen and oxygen atoms in total. The van der Waals surface area contributed by atoms with Gasteiger partial charge in [0.1, 0.15) is 0 Å². The van der Waals surface area contributed by atoms with Crippen molar-refractivity contribution in [2.45, 2.75) is 0 Å².